The predicted molar refractivity (Wildman–Crippen MR) is 453 cm³/mol. The standard InChI is InChI=1S/C37H31F2NO5.C31H28FNO6.C23H19FN2O3.C7H10O3/c1-23-21-37(23,35(41)17-24-8-11-27(38)12-9-24)36(42)18-26-10-13-32(29(39)16-26)45-31-14-15-40-30-20-34(33(43-2)19-28(30)31)44-22-25-6-4-3-5-7-25;1-19-17-31(19,30(35)37-3)29(34)14-21-9-10-26(23(32)13-21)39-25-11-12-33-24-16-28(27(36-2)15-22(24)25)38-18-20-7-5-4-6-8-20;1-27-22-12-17-19(13-23(22)28-14-15-5-3-2-4-6-15)26-10-9-20(17)29-21-8-7-16(25)11-18(21)24;1-4-3-7(4,5(2)8)6(9)10/h3-16,19-20,23H,17-18,21-22H2,1-2H3;4-13,15-16,19H,14,17-18H2,1-3H3;2-13H,14,25H2,1H3;4H,3H2,1-2H3,(H,9,10)/t23-,37-;19-,31+;;4-,7-/m11.1/s1. The van der Waals surface area contributed by atoms with Crippen LogP contribution in [0.2, 0.25) is 0 Å². The van der Waals surface area contributed by atoms with Gasteiger partial charge < -0.3 is 58.2 Å². The topological polar surface area (TPSA) is 280 Å². The number of aromatic nitrogens is 3. The number of benzene rings is 10. The monoisotopic (exact) mass is 1670 g/mol. The molecule has 0 bridgehead atoms. The first kappa shape index (κ1) is 86.6. The van der Waals surface area contributed by atoms with Crippen LogP contribution >= 0.6 is 0 Å². The quantitative estimate of drug-likeness (QED) is 0.0183. The molecule has 3 aliphatic carbocycles. The van der Waals surface area contributed by atoms with E-state index in [0.29, 0.717) is 146 Å². The molecule has 630 valence electrons. The van der Waals surface area contributed by atoms with Gasteiger partial charge in [0.1, 0.15) is 59.5 Å². The van der Waals surface area contributed by atoms with Crippen molar-refractivity contribution >= 4 is 73.5 Å². The van der Waals surface area contributed by atoms with Crippen LogP contribution in [-0.2, 0) is 72.6 Å². The maximum absolute atomic E-state index is 15.3. The second-order valence-corrected chi connectivity index (χ2v) is 30.3. The van der Waals surface area contributed by atoms with Crippen molar-refractivity contribution in [1.82, 2.24) is 15.0 Å². The van der Waals surface area contributed by atoms with E-state index in [-0.39, 0.29) is 83.2 Å². The van der Waals surface area contributed by atoms with Crippen LogP contribution in [0.15, 0.2) is 243 Å². The number of hydrogen-bond acceptors (Lipinski definition) is 20. The summed E-state index contributed by atoms with van der Waals surface area (Å²) >= 11 is 0. The van der Waals surface area contributed by atoms with E-state index in [4.69, 9.17) is 58.2 Å². The van der Waals surface area contributed by atoms with Crippen molar-refractivity contribution in [3.8, 4) is 69.0 Å². The van der Waals surface area contributed by atoms with Crippen LogP contribution in [0.5, 0.6) is 69.0 Å². The van der Waals surface area contributed by atoms with Crippen molar-refractivity contribution in [3.63, 3.8) is 0 Å². The number of hydrogen-bond donors (Lipinski definition) is 2. The summed E-state index contributed by atoms with van der Waals surface area (Å²) in [6.07, 6.45) is 6.03. The van der Waals surface area contributed by atoms with E-state index < -0.39 is 45.6 Å². The van der Waals surface area contributed by atoms with E-state index in [9.17, 15) is 37.5 Å². The molecule has 0 spiro atoms. The van der Waals surface area contributed by atoms with Gasteiger partial charge in [-0.2, -0.15) is 0 Å². The summed E-state index contributed by atoms with van der Waals surface area (Å²) in [6, 6.07) is 63.5. The first-order chi connectivity index (χ1) is 59.3. The normalized spacial score (nSPS) is 17.5. The molecule has 0 saturated heterocycles. The number of esters is 1. The van der Waals surface area contributed by atoms with E-state index in [1.807, 2.05) is 105 Å². The third-order valence-electron chi connectivity index (χ3n) is 22.3. The zero-order chi connectivity index (χ0) is 87.3. The number of ketones is 4. The minimum Gasteiger partial charge on any atom is -0.493 e. The highest BCUT2D eigenvalue weighted by Gasteiger charge is 2.64. The van der Waals surface area contributed by atoms with E-state index >= 15 is 8.78 Å². The van der Waals surface area contributed by atoms with Crippen LogP contribution in [0.3, 0.4) is 0 Å². The van der Waals surface area contributed by atoms with E-state index in [1.165, 1.54) is 69.7 Å². The molecular weight excluding hydrogens is 1580 g/mol. The molecule has 3 N–H and O–H groups in total. The highest BCUT2D eigenvalue weighted by molar-refractivity contribution is 6.12. The van der Waals surface area contributed by atoms with Gasteiger partial charge >= 0.3 is 11.9 Å². The largest absolute Gasteiger partial charge is 0.493 e. The molecule has 16 rings (SSSR count). The summed E-state index contributed by atoms with van der Waals surface area (Å²) in [5.41, 5.74) is 9.10. The number of anilines is 1. The Kier molecular flexibility index (Phi) is 26.8. The Bertz CT molecular complexity index is 6070. The summed E-state index contributed by atoms with van der Waals surface area (Å²) in [7, 11) is 5.91. The number of halogens is 4. The van der Waals surface area contributed by atoms with Crippen LogP contribution in [0.4, 0.5) is 23.2 Å². The molecule has 6 atom stereocenters. The lowest BCUT2D eigenvalue weighted by Crippen LogP contribution is -2.30. The van der Waals surface area contributed by atoms with Crippen molar-refractivity contribution in [3.05, 3.63) is 300 Å². The van der Waals surface area contributed by atoms with Gasteiger partial charge in [-0.3, -0.25) is 43.7 Å². The van der Waals surface area contributed by atoms with Crippen molar-refractivity contribution < 1.29 is 98.8 Å². The molecule has 3 aromatic heterocycles. The molecule has 3 fully saturated rings. The lowest BCUT2D eigenvalue weighted by atomic mass is 9.86. The van der Waals surface area contributed by atoms with Crippen LogP contribution in [0.1, 0.15) is 80.3 Å². The number of nitrogens with zero attached hydrogens (tertiary/aromatic N) is 3. The number of nitrogens with two attached hydrogens (primary N) is 1. The lowest BCUT2D eigenvalue weighted by Gasteiger charge is -2.16. The second-order valence-electron chi connectivity index (χ2n) is 30.3. The number of rotatable bonds is 30. The highest BCUT2D eigenvalue weighted by Crippen LogP contribution is 2.57. The number of carboxylic acid groups (broad SMARTS) is 1. The molecule has 13 aromatic rings. The SMILES string of the molecule is CC(=O)[C@@]1(C(=O)O)C[C@H]1C.COC(=O)[C@@]1(C(=O)Cc2ccc(Oc3ccnc4cc(OCc5ccccc5)c(OC)cc34)c(F)c2)C[C@H]1C.COc1cc2c(Oc3ccc(CC(=O)[C@]4(C(=O)Cc5ccc(F)cc5)C[C@H]4C)cc3F)ccnc2cc1OCc1ccccc1.COc1cc2c(Oc3ccc(N)cc3F)ccnc2cc1OCc1ccccc1. The van der Waals surface area contributed by atoms with Crippen LogP contribution in [-0.4, -0.2) is 83.6 Å². The second kappa shape index (κ2) is 38.0. The molecule has 123 heavy (non-hydrogen) atoms. The molecule has 21 nitrogen and oxygen atoms in total. The molecule has 3 heterocycles. The van der Waals surface area contributed by atoms with Gasteiger partial charge in [-0.05, 0) is 162 Å². The summed E-state index contributed by atoms with van der Waals surface area (Å²) in [5.74, 6) is -0.452. The number of carboxylic acids is 1. The maximum Gasteiger partial charge on any atom is 0.319 e. The molecule has 25 heteroatoms. The van der Waals surface area contributed by atoms with Gasteiger partial charge in [0, 0.05) is 84.0 Å². The van der Waals surface area contributed by atoms with Crippen molar-refractivity contribution in [2.75, 3.05) is 34.2 Å². The minimum absolute atomic E-state index is 0.00968. The van der Waals surface area contributed by atoms with Crippen molar-refractivity contribution in [2.45, 2.75) is 86.0 Å². The fraction of sp³-hybridized carbons (Fsp3) is 0.235. The average Bonchev–Trinajstić information content (AvgIpc) is 1.58. The Morgan fingerprint density at radius 1 is 0.374 bits per heavy atom. The van der Waals surface area contributed by atoms with Crippen LogP contribution in [0.25, 0.3) is 32.7 Å². The molecular formula is C98H88F4N4O17. The number of nitrogen functional groups attached to an aromatic ring is 1. The van der Waals surface area contributed by atoms with E-state index in [2.05, 4.69) is 15.0 Å². The number of fused-ring (bicyclic) bond motifs is 3. The number of carbonyl (C=O) groups excluding carboxylic acids is 5. The number of carbonyl (C=O) groups is 6. The molecule has 0 amide bonds. The number of aliphatic carboxylic acids is 1. The Morgan fingerprint density at radius 2 is 0.699 bits per heavy atom. The fourth-order valence-electron chi connectivity index (χ4n) is 14.8. The van der Waals surface area contributed by atoms with Crippen LogP contribution in [0, 0.1) is 57.3 Å². The average molecular weight is 1670 g/mol. The first-order valence-corrected chi connectivity index (χ1v) is 39.5. The van der Waals surface area contributed by atoms with E-state index in [0.717, 1.165) is 16.7 Å². The number of pyridine rings is 3. The lowest BCUT2D eigenvalue weighted by molar-refractivity contribution is -0.152. The molecule has 0 radical (unpaired) electrons. The summed E-state index contributed by atoms with van der Waals surface area (Å²) in [5, 5.41) is 10.5. The Morgan fingerprint density at radius 3 is 1.00 bits per heavy atom. The number of methoxy groups -OCH3 is 4. The third kappa shape index (κ3) is 19.8. The van der Waals surface area contributed by atoms with Gasteiger partial charge in [-0.15, -0.1) is 0 Å². The zero-order valence-corrected chi connectivity index (χ0v) is 68.6. The van der Waals surface area contributed by atoms with Crippen molar-refractivity contribution in [2.24, 2.45) is 34.0 Å². The van der Waals surface area contributed by atoms with Gasteiger partial charge in [0.25, 0.3) is 0 Å². The highest BCUT2D eigenvalue weighted by atomic mass is 19.1. The summed E-state index contributed by atoms with van der Waals surface area (Å²) in [6.45, 7) is 7.94. The minimum atomic E-state index is -1.13. The van der Waals surface area contributed by atoms with Gasteiger partial charge in [0.05, 0.1) is 50.4 Å². The molecule has 0 unspecified atom stereocenters. The summed E-state index contributed by atoms with van der Waals surface area (Å²) in [4.78, 5) is 86.2. The fourth-order valence-corrected chi connectivity index (χ4v) is 14.8. The molecule has 3 aliphatic rings. The Balaban J connectivity index is 0.000000153. The van der Waals surface area contributed by atoms with Gasteiger partial charge in [0.2, 0.25) is 0 Å². The molecule has 0 aliphatic heterocycles. The molecule has 3 saturated carbocycles. The maximum atomic E-state index is 15.3. The van der Waals surface area contributed by atoms with Gasteiger partial charge in [0.15, 0.2) is 86.5 Å². The van der Waals surface area contributed by atoms with Gasteiger partial charge in [-0.1, -0.05) is 136 Å². The van der Waals surface area contributed by atoms with Gasteiger partial charge in [-0.25, -0.2) is 17.6 Å². The first-order valence-electron chi connectivity index (χ1n) is 39.5. The molecule has 10 aromatic carbocycles. The van der Waals surface area contributed by atoms with Crippen LogP contribution < -0.4 is 48.4 Å². The zero-order valence-electron chi connectivity index (χ0n) is 68.6. The third-order valence-corrected chi connectivity index (χ3v) is 22.3. The number of ether oxygens (including phenoxy) is 10. The Hall–Kier alpha value is -14.2. The Labute approximate surface area is 706 Å². The smallest absolute Gasteiger partial charge is 0.319 e. The number of Topliss-reactive ketones (excluding diaryl/α,β-unsaturated/α-hetero) is 4. The summed E-state index contributed by atoms with van der Waals surface area (Å²) < 4.78 is 115. The predicted octanol–water partition coefficient (Wildman–Crippen LogP) is 19.9. The van der Waals surface area contributed by atoms with Crippen molar-refractivity contribution in [1.29, 1.82) is 0 Å². The van der Waals surface area contributed by atoms with E-state index in [1.54, 1.807) is 125 Å².